The van der Waals surface area contributed by atoms with Crippen molar-refractivity contribution >= 4 is 41.3 Å². The monoisotopic (exact) mass is 486 g/mol. The number of aliphatic imine (C=N–C) groups is 1. The highest BCUT2D eigenvalue weighted by Crippen LogP contribution is 2.19. The molecular formula is C19H27IN4OS. The number of ether oxygens (including phenoxy) is 1. The van der Waals surface area contributed by atoms with E-state index in [2.05, 4.69) is 41.0 Å². The fourth-order valence-corrected chi connectivity index (χ4v) is 2.98. The zero-order chi connectivity index (χ0) is 17.9. The SMILES string of the molecule is C=CCOc1ccccc1CN=C(NCC)NCc1ncc(CC)s1.I. The van der Waals surface area contributed by atoms with Crippen molar-refractivity contribution < 1.29 is 4.74 Å². The summed E-state index contributed by atoms with van der Waals surface area (Å²) >= 11 is 1.73. The van der Waals surface area contributed by atoms with E-state index in [-0.39, 0.29) is 24.0 Å². The van der Waals surface area contributed by atoms with E-state index in [1.165, 1.54) is 4.88 Å². The third-order valence-electron chi connectivity index (χ3n) is 3.44. The summed E-state index contributed by atoms with van der Waals surface area (Å²) in [6.07, 6.45) is 4.70. The molecule has 0 saturated carbocycles. The maximum Gasteiger partial charge on any atom is 0.191 e. The van der Waals surface area contributed by atoms with E-state index in [9.17, 15) is 0 Å². The number of benzene rings is 1. The molecule has 0 aliphatic carbocycles. The van der Waals surface area contributed by atoms with Gasteiger partial charge in [0.1, 0.15) is 17.4 Å². The van der Waals surface area contributed by atoms with E-state index < -0.39 is 0 Å². The van der Waals surface area contributed by atoms with Crippen molar-refractivity contribution in [3.8, 4) is 5.75 Å². The third-order valence-corrected chi connectivity index (χ3v) is 4.58. The highest BCUT2D eigenvalue weighted by Gasteiger charge is 2.05. The van der Waals surface area contributed by atoms with Crippen molar-refractivity contribution in [2.75, 3.05) is 13.2 Å². The number of nitrogens with one attached hydrogen (secondary N) is 2. The number of aromatic nitrogens is 1. The van der Waals surface area contributed by atoms with Gasteiger partial charge in [0.2, 0.25) is 0 Å². The van der Waals surface area contributed by atoms with Crippen LogP contribution in [0.1, 0.15) is 29.3 Å². The van der Waals surface area contributed by atoms with Gasteiger partial charge in [0, 0.05) is 23.2 Å². The van der Waals surface area contributed by atoms with Gasteiger partial charge in [-0.15, -0.1) is 35.3 Å². The number of halogens is 1. The molecule has 0 atom stereocenters. The second kappa shape index (κ2) is 12.7. The third kappa shape index (κ3) is 7.33. The molecule has 0 fully saturated rings. The number of rotatable bonds is 9. The van der Waals surface area contributed by atoms with Crippen LogP contribution in [-0.4, -0.2) is 24.1 Å². The molecule has 5 nitrogen and oxygen atoms in total. The highest BCUT2D eigenvalue weighted by atomic mass is 127. The minimum atomic E-state index is 0. The van der Waals surface area contributed by atoms with Gasteiger partial charge in [-0.05, 0) is 19.4 Å². The largest absolute Gasteiger partial charge is 0.489 e. The molecule has 0 unspecified atom stereocenters. The average molecular weight is 486 g/mol. The molecule has 2 N–H and O–H groups in total. The van der Waals surface area contributed by atoms with Gasteiger partial charge >= 0.3 is 0 Å². The summed E-state index contributed by atoms with van der Waals surface area (Å²) in [5.74, 6) is 1.61. The molecule has 2 aromatic rings. The fraction of sp³-hybridized carbons (Fsp3) is 0.368. The zero-order valence-corrected chi connectivity index (χ0v) is 18.5. The van der Waals surface area contributed by atoms with Crippen LogP contribution < -0.4 is 15.4 Å². The van der Waals surface area contributed by atoms with Gasteiger partial charge in [-0.2, -0.15) is 0 Å². The molecule has 26 heavy (non-hydrogen) atoms. The minimum absolute atomic E-state index is 0. The summed E-state index contributed by atoms with van der Waals surface area (Å²) in [5.41, 5.74) is 1.05. The predicted octanol–water partition coefficient (Wildman–Crippen LogP) is 4.14. The Morgan fingerprint density at radius 1 is 1.31 bits per heavy atom. The Hall–Kier alpha value is -1.61. The van der Waals surface area contributed by atoms with Crippen molar-refractivity contribution in [3.05, 3.63) is 58.6 Å². The zero-order valence-electron chi connectivity index (χ0n) is 15.3. The lowest BCUT2D eigenvalue weighted by Crippen LogP contribution is -2.36. The van der Waals surface area contributed by atoms with Crippen molar-refractivity contribution in [1.29, 1.82) is 0 Å². The molecule has 1 heterocycles. The molecular weight excluding hydrogens is 459 g/mol. The fourth-order valence-electron chi connectivity index (χ4n) is 2.18. The van der Waals surface area contributed by atoms with Crippen molar-refractivity contribution in [1.82, 2.24) is 15.6 Å². The second-order valence-corrected chi connectivity index (χ2v) is 6.53. The summed E-state index contributed by atoms with van der Waals surface area (Å²) in [5, 5.41) is 7.67. The Bertz CT molecular complexity index is 702. The molecule has 0 radical (unpaired) electrons. The second-order valence-electron chi connectivity index (χ2n) is 5.33. The highest BCUT2D eigenvalue weighted by molar-refractivity contribution is 14.0. The van der Waals surface area contributed by atoms with Crippen LogP contribution in [0.2, 0.25) is 0 Å². The normalized spacial score (nSPS) is 10.8. The first-order chi connectivity index (χ1) is 12.3. The Kier molecular flexibility index (Phi) is 11.0. The summed E-state index contributed by atoms with van der Waals surface area (Å²) in [7, 11) is 0. The maximum absolute atomic E-state index is 5.69. The molecule has 0 bridgehead atoms. The van der Waals surface area contributed by atoms with Crippen LogP contribution in [0.5, 0.6) is 5.75 Å². The van der Waals surface area contributed by atoms with Gasteiger partial charge in [0.25, 0.3) is 0 Å². The van der Waals surface area contributed by atoms with Crippen LogP contribution in [-0.2, 0) is 19.5 Å². The number of para-hydroxylation sites is 1. The molecule has 0 aliphatic heterocycles. The van der Waals surface area contributed by atoms with E-state index in [4.69, 9.17) is 4.74 Å². The van der Waals surface area contributed by atoms with Gasteiger partial charge in [-0.1, -0.05) is 37.8 Å². The van der Waals surface area contributed by atoms with Gasteiger partial charge in [0.15, 0.2) is 5.96 Å². The molecule has 1 aromatic heterocycles. The number of aryl methyl sites for hydroxylation is 1. The average Bonchev–Trinajstić information content (AvgIpc) is 3.11. The van der Waals surface area contributed by atoms with Gasteiger partial charge in [0.05, 0.1) is 13.1 Å². The predicted molar refractivity (Wildman–Crippen MR) is 121 cm³/mol. The van der Waals surface area contributed by atoms with Crippen molar-refractivity contribution in [2.24, 2.45) is 4.99 Å². The molecule has 1 aromatic carbocycles. The number of guanidine groups is 1. The van der Waals surface area contributed by atoms with Crippen LogP contribution in [0.3, 0.4) is 0 Å². The molecule has 142 valence electrons. The van der Waals surface area contributed by atoms with Crippen LogP contribution in [0.25, 0.3) is 0 Å². The van der Waals surface area contributed by atoms with E-state index in [1.807, 2.05) is 30.5 Å². The Morgan fingerprint density at radius 2 is 2.12 bits per heavy atom. The van der Waals surface area contributed by atoms with Crippen LogP contribution in [0.15, 0.2) is 48.1 Å². The van der Waals surface area contributed by atoms with E-state index in [0.717, 1.165) is 35.2 Å². The quantitative estimate of drug-likeness (QED) is 0.242. The molecule has 7 heteroatoms. The number of hydrogen-bond donors (Lipinski definition) is 2. The van der Waals surface area contributed by atoms with Gasteiger partial charge in [-0.25, -0.2) is 9.98 Å². The summed E-state index contributed by atoms with van der Waals surface area (Å²) in [6, 6.07) is 7.94. The Labute approximate surface area is 177 Å². The lowest BCUT2D eigenvalue weighted by Gasteiger charge is -2.12. The first-order valence-electron chi connectivity index (χ1n) is 8.54. The molecule has 2 rings (SSSR count). The standard InChI is InChI=1S/C19H26N4OS.HI/c1-4-11-24-17-10-8-7-9-15(17)12-22-19(20-6-3)23-14-18-21-13-16(5-2)25-18;/h4,7-10,13H,1,5-6,11-12,14H2,2-3H3,(H2,20,22,23);1H. The Morgan fingerprint density at radius 3 is 2.81 bits per heavy atom. The lowest BCUT2D eigenvalue weighted by molar-refractivity contribution is 0.359. The van der Waals surface area contributed by atoms with Crippen molar-refractivity contribution in [2.45, 2.75) is 33.4 Å². The van der Waals surface area contributed by atoms with Crippen molar-refractivity contribution in [3.63, 3.8) is 0 Å². The van der Waals surface area contributed by atoms with E-state index in [0.29, 0.717) is 19.7 Å². The first-order valence-corrected chi connectivity index (χ1v) is 9.35. The first kappa shape index (κ1) is 22.4. The van der Waals surface area contributed by atoms with Crippen LogP contribution in [0.4, 0.5) is 0 Å². The van der Waals surface area contributed by atoms with Crippen LogP contribution >= 0.6 is 35.3 Å². The van der Waals surface area contributed by atoms with Gasteiger partial charge in [-0.3, -0.25) is 0 Å². The smallest absolute Gasteiger partial charge is 0.191 e. The summed E-state index contributed by atoms with van der Waals surface area (Å²) in [6.45, 7) is 10.4. The number of thiazole rings is 1. The topological polar surface area (TPSA) is 58.5 Å². The summed E-state index contributed by atoms with van der Waals surface area (Å²) < 4.78 is 5.69. The number of nitrogens with zero attached hydrogens (tertiary/aromatic N) is 2. The minimum Gasteiger partial charge on any atom is -0.489 e. The lowest BCUT2D eigenvalue weighted by atomic mass is 10.2. The van der Waals surface area contributed by atoms with Crippen LogP contribution in [0, 0.1) is 0 Å². The van der Waals surface area contributed by atoms with E-state index >= 15 is 0 Å². The molecule has 0 spiro atoms. The van der Waals surface area contributed by atoms with E-state index in [1.54, 1.807) is 17.4 Å². The summed E-state index contributed by atoms with van der Waals surface area (Å²) in [4.78, 5) is 10.4. The Balaban J connectivity index is 0.00000338. The maximum atomic E-state index is 5.69. The van der Waals surface area contributed by atoms with Gasteiger partial charge < -0.3 is 15.4 Å². The molecule has 0 amide bonds. The molecule has 0 aliphatic rings. The number of hydrogen-bond acceptors (Lipinski definition) is 4. The molecule has 0 saturated heterocycles.